The molecule has 2 rings (SSSR count). The summed E-state index contributed by atoms with van der Waals surface area (Å²) in [6, 6.07) is 3.96. The predicted molar refractivity (Wildman–Crippen MR) is 101 cm³/mol. The standard InChI is InChI=1S/C19H32N4O2/c1-3-20-19(21-11-5-6-12-24-4-2)23-14-17-9-10-18(22-13-17)25-15-16-7-8-16/h9-10,13,16H,3-8,11-12,14-15H2,1-2H3,(H2,20,21,23). The third-order valence-electron chi connectivity index (χ3n) is 3.94. The van der Waals surface area contributed by atoms with Gasteiger partial charge in [0.1, 0.15) is 0 Å². The lowest BCUT2D eigenvalue weighted by molar-refractivity contribution is 0.143. The van der Waals surface area contributed by atoms with Crippen molar-refractivity contribution in [1.29, 1.82) is 0 Å². The van der Waals surface area contributed by atoms with Gasteiger partial charge in [-0.1, -0.05) is 6.07 Å². The lowest BCUT2D eigenvalue weighted by Gasteiger charge is -2.11. The Morgan fingerprint density at radius 1 is 1.24 bits per heavy atom. The molecule has 1 heterocycles. The molecule has 1 fully saturated rings. The summed E-state index contributed by atoms with van der Waals surface area (Å²) in [5, 5.41) is 6.63. The number of nitrogens with one attached hydrogen (secondary N) is 2. The van der Waals surface area contributed by atoms with Crippen LogP contribution in [0.5, 0.6) is 5.88 Å². The SMILES string of the molecule is CCNC(=NCc1ccc(OCC2CC2)nc1)NCCCCOCC. The molecular weight excluding hydrogens is 316 g/mol. The number of pyridine rings is 1. The predicted octanol–water partition coefficient (Wildman–Crippen LogP) is 2.74. The van der Waals surface area contributed by atoms with E-state index in [-0.39, 0.29) is 0 Å². The highest BCUT2D eigenvalue weighted by Gasteiger charge is 2.21. The van der Waals surface area contributed by atoms with Crippen LogP contribution in [0.1, 0.15) is 45.1 Å². The molecule has 0 spiro atoms. The van der Waals surface area contributed by atoms with Crippen LogP contribution in [0.15, 0.2) is 23.3 Å². The molecule has 0 atom stereocenters. The van der Waals surface area contributed by atoms with Crippen molar-refractivity contribution >= 4 is 5.96 Å². The van der Waals surface area contributed by atoms with E-state index < -0.39 is 0 Å². The summed E-state index contributed by atoms with van der Waals surface area (Å²) in [5.41, 5.74) is 1.08. The minimum atomic E-state index is 0.601. The maximum Gasteiger partial charge on any atom is 0.213 e. The first kappa shape index (κ1) is 19.5. The second-order valence-electron chi connectivity index (χ2n) is 6.29. The summed E-state index contributed by atoms with van der Waals surface area (Å²) >= 11 is 0. The van der Waals surface area contributed by atoms with E-state index in [1.54, 1.807) is 0 Å². The maximum atomic E-state index is 5.66. The van der Waals surface area contributed by atoms with Crippen LogP contribution in [0, 0.1) is 5.92 Å². The van der Waals surface area contributed by atoms with Crippen molar-refractivity contribution in [2.45, 2.75) is 46.1 Å². The average Bonchev–Trinajstić information content (AvgIpc) is 3.46. The first-order valence-electron chi connectivity index (χ1n) is 9.49. The molecule has 1 aliphatic rings. The zero-order chi connectivity index (χ0) is 17.7. The van der Waals surface area contributed by atoms with Crippen LogP contribution in [0.4, 0.5) is 0 Å². The first-order valence-corrected chi connectivity index (χ1v) is 9.49. The highest BCUT2D eigenvalue weighted by molar-refractivity contribution is 5.79. The summed E-state index contributed by atoms with van der Waals surface area (Å²) in [6.45, 7) is 8.84. The Morgan fingerprint density at radius 2 is 2.12 bits per heavy atom. The molecule has 0 radical (unpaired) electrons. The van der Waals surface area contributed by atoms with Gasteiger partial charge in [0.05, 0.1) is 13.2 Å². The number of aliphatic imine (C=N–C) groups is 1. The van der Waals surface area contributed by atoms with Crippen LogP contribution in [0.3, 0.4) is 0 Å². The van der Waals surface area contributed by atoms with Crippen LogP contribution in [-0.4, -0.2) is 43.9 Å². The Balaban J connectivity index is 1.70. The van der Waals surface area contributed by atoms with Gasteiger partial charge in [0.2, 0.25) is 5.88 Å². The number of rotatable bonds is 12. The van der Waals surface area contributed by atoms with E-state index in [1.807, 2.05) is 25.3 Å². The molecule has 0 aromatic carbocycles. The maximum absolute atomic E-state index is 5.66. The minimum Gasteiger partial charge on any atom is -0.477 e. The monoisotopic (exact) mass is 348 g/mol. The molecule has 1 aliphatic carbocycles. The molecule has 25 heavy (non-hydrogen) atoms. The second kappa shape index (κ2) is 11.7. The molecule has 0 bridgehead atoms. The number of guanidine groups is 1. The number of hydrogen-bond donors (Lipinski definition) is 2. The molecule has 0 amide bonds. The van der Waals surface area contributed by atoms with Crippen LogP contribution in [0.2, 0.25) is 0 Å². The largest absolute Gasteiger partial charge is 0.477 e. The van der Waals surface area contributed by atoms with E-state index in [0.29, 0.717) is 12.4 Å². The topological polar surface area (TPSA) is 67.8 Å². The van der Waals surface area contributed by atoms with Crippen molar-refractivity contribution in [2.24, 2.45) is 10.9 Å². The summed E-state index contributed by atoms with van der Waals surface area (Å²) in [4.78, 5) is 8.97. The third kappa shape index (κ3) is 8.72. The van der Waals surface area contributed by atoms with E-state index in [0.717, 1.165) is 63.2 Å². The minimum absolute atomic E-state index is 0.601. The van der Waals surface area contributed by atoms with Crippen molar-refractivity contribution in [3.8, 4) is 5.88 Å². The fourth-order valence-corrected chi connectivity index (χ4v) is 2.27. The van der Waals surface area contributed by atoms with Crippen LogP contribution in [0.25, 0.3) is 0 Å². The highest BCUT2D eigenvalue weighted by Crippen LogP contribution is 2.29. The Bertz CT molecular complexity index is 501. The van der Waals surface area contributed by atoms with E-state index in [4.69, 9.17) is 9.47 Å². The number of aromatic nitrogens is 1. The molecule has 2 N–H and O–H groups in total. The van der Waals surface area contributed by atoms with Gasteiger partial charge in [0.15, 0.2) is 5.96 Å². The van der Waals surface area contributed by atoms with Gasteiger partial charge in [0.25, 0.3) is 0 Å². The zero-order valence-corrected chi connectivity index (χ0v) is 15.6. The Morgan fingerprint density at radius 3 is 2.80 bits per heavy atom. The average molecular weight is 348 g/mol. The van der Waals surface area contributed by atoms with E-state index in [2.05, 4.69) is 27.5 Å². The number of unbranched alkanes of at least 4 members (excludes halogenated alkanes) is 1. The second-order valence-corrected chi connectivity index (χ2v) is 6.29. The Kier molecular flexibility index (Phi) is 9.12. The normalized spacial score (nSPS) is 14.4. The van der Waals surface area contributed by atoms with Crippen LogP contribution in [-0.2, 0) is 11.3 Å². The fraction of sp³-hybridized carbons (Fsp3) is 0.684. The van der Waals surface area contributed by atoms with Crippen LogP contribution < -0.4 is 15.4 Å². The molecule has 0 aliphatic heterocycles. The smallest absolute Gasteiger partial charge is 0.213 e. The van der Waals surface area contributed by atoms with Gasteiger partial charge in [-0.2, -0.15) is 0 Å². The van der Waals surface area contributed by atoms with Gasteiger partial charge in [-0.3, -0.25) is 0 Å². The van der Waals surface area contributed by atoms with Crippen molar-refractivity contribution in [2.75, 3.05) is 32.9 Å². The summed E-state index contributed by atoms with van der Waals surface area (Å²) in [6.07, 6.45) is 6.56. The Hall–Kier alpha value is -1.82. The lowest BCUT2D eigenvalue weighted by Crippen LogP contribution is -2.37. The molecule has 1 saturated carbocycles. The van der Waals surface area contributed by atoms with E-state index in [9.17, 15) is 0 Å². The molecule has 6 nitrogen and oxygen atoms in total. The highest BCUT2D eigenvalue weighted by atomic mass is 16.5. The summed E-state index contributed by atoms with van der Waals surface area (Å²) in [7, 11) is 0. The van der Waals surface area contributed by atoms with E-state index in [1.165, 1.54) is 12.8 Å². The first-order chi connectivity index (χ1) is 12.3. The fourth-order valence-electron chi connectivity index (χ4n) is 2.27. The molecule has 1 aromatic rings. The van der Waals surface area contributed by atoms with Gasteiger partial charge in [-0.15, -0.1) is 0 Å². The molecule has 0 saturated heterocycles. The molecular formula is C19H32N4O2. The van der Waals surface area contributed by atoms with Crippen molar-refractivity contribution in [3.63, 3.8) is 0 Å². The summed E-state index contributed by atoms with van der Waals surface area (Å²) < 4.78 is 11.0. The van der Waals surface area contributed by atoms with Gasteiger partial charge < -0.3 is 20.1 Å². The van der Waals surface area contributed by atoms with Crippen molar-refractivity contribution < 1.29 is 9.47 Å². The quantitative estimate of drug-likeness (QED) is 0.345. The molecule has 0 unspecified atom stereocenters. The van der Waals surface area contributed by atoms with Crippen molar-refractivity contribution in [1.82, 2.24) is 15.6 Å². The number of ether oxygens (including phenoxy) is 2. The van der Waals surface area contributed by atoms with Crippen LogP contribution >= 0.6 is 0 Å². The third-order valence-corrected chi connectivity index (χ3v) is 3.94. The molecule has 140 valence electrons. The zero-order valence-electron chi connectivity index (χ0n) is 15.6. The van der Waals surface area contributed by atoms with Gasteiger partial charge in [0, 0.05) is 38.6 Å². The van der Waals surface area contributed by atoms with E-state index >= 15 is 0 Å². The van der Waals surface area contributed by atoms with Gasteiger partial charge in [-0.05, 0) is 51.0 Å². The molecule has 1 aromatic heterocycles. The number of hydrogen-bond acceptors (Lipinski definition) is 4. The number of nitrogens with zero attached hydrogens (tertiary/aromatic N) is 2. The van der Waals surface area contributed by atoms with Crippen molar-refractivity contribution in [3.05, 3.63) is 23.9 Å². The Labute approximate surface area is 151 Å². The summed E-state index contributed by atoms with van der Waals surface area (Å²) in [5.74, 6) is 2.29. The van der Waals surface area contributed by atoms with Gasteiger partial charge >= 0.3 is 0 Å². The van der Waals surface area contributed by atoms with Gasteiger partial charge in [-0.25, -0.2) is 9.98 Å². The lowest BCUT2D eigenvalue weighted by atomic mass is 10.3. The molecule has 6 heteroatoms.